The number of benzene rings is 1. The highest BCUT2D eigenvalue weighted by molar-refractivity contribution is 5.95. The summed E-state index contributed by atoms with van der Waals surface area (Å²) < 4.78 is 10.3. The molecule has 1 saturated heterocycles. The number of rotatable bonds is 5. The first-order valence-corrected chi connectivity index (χ1v) is 8.44. The number of aryl methyl sites for hydroxylation is 1. The Hall–Kier alpha value is -2.60. The van der Waals surface area contributed by atoms with Gasteiger partial charge in [-0.05, 0) is 44.0 Å². The van der Waals surface area contributed by atoms with Crippen LogP contribution in [0.25, 0.3) is 11.1 Å². The van der Waals surface area contributed by atoms with Gasteiger partial charge in [0.05, 0.1) is 19.3 Å². The normalized spacial score (nSPS) is 16.6. The van der Waals surface area contributed by atoms with Gasteiger partial charge in [0, 0.05) is 23.4 Å². The Balaban J connectivity index is 1.73. The molecule has 2 aromatic rings. The van der Waals surface area contributed by atoms with E-state index in [0.717, 1.165) is 23.2 Å². The van der Waals surface area contributed by atoms with Gasteiger partial charge in [-0.25, -0.2) is 4.79 Å². The molecule has 1 unspecified atom stereocenters. The Kier molecular flexibility index (Phi) is 5.19. The Morgan fingerprint density at radius 1 is 1.32 bits per heavy atom. The predicted octanol–water partition coefficient (Wildman–Crippen LogP) is 2.69. The van der Waals surface area contributed by atoms with Crippen molar-refractivity contribution in [1.29, 1.82) is 0 Å². The highest BCUT2D eigenvalue weighted by atomic mass is 16.5. The molecule has 0 bridgehead atoms. The second kappa shape index (κ2) is 7.53. The fourth-order valence-electron chi connectivity index (χ4n) is 2.89. The summed E-state index contributed by atoms with van der Waals surface area (Å²) in [5, 5.41) is 2.97. The van der Waals surface area contributed by atoms with Crippen molar-refractivity contribution in [2.24, 2.45) is 0 Å². The van der Waals surface area contributed by atoms with Crippen LogP contribution in [-0.2, 0) is 9.47 Å². The van der Waals surface area contributed by atoms with Crippen molar-refractivity contribution in [1.82, 2.24) is 10.3 Å². The molecule has 1 aliphatic heterocycles. The topological polar surface area (TPSA) is 80.4 Å². The zero-order valence-corrected chi connectivity index (χ0v) is 14.4. The van der Waals surface area contributed by atoms with Crippen LogP contribution in [-0.4, -0.2) is 42.7 Å². The van der Waals surface area contributed by atoms with Crippen molar-refractivity contribution in [3.63, 3.8) is 0 Å². The Morgan fingerprint density at radius 2 is 2.08 bits per heavy atom. The number of ether oxygens (including phenoxy) is 2. The van der Waals surface area contributed by atoms with Crippen LogP contribution in [0.4, 0.5) is 0 Å². The third kappa shape index (κ3) is 3.91. The first-order valence-electron chi connectivity index (χ1n) is 8.44. The van der Waals surface area contributed by atoms with Crippen LogP contribution >= 0.6 is 0 Å². The maximum absolute atomic E-state index is 12.2. The van der Waals surface area contributed by atoms with E-state index in [9.17, 15) is 9.59 Å². The van der Waals surface area contributed by atoms with Crippen molar-refractivity contribution in [2.75, 3.05) is 19.8 Å². The number of hydrogen-bond acceptors (Lipinski definition) is 4. The lowest BCUT2D eigenvalue weighted by Crippen LogP contribution is -2.34. The van der Waals surface area contributed by atoms with Crippen molar-refractivity contribution < 1.29 is 19.1 Å². The first-order chi connectivity index (χ1) is 12.1. The summed E-state index contributed by atoms with van der Waals surface area (Å²) >= 11 is 0. The Morgan fingerprint density at radius 3 is 2.72 bits per heavy atom. The molecule has 2 N–H and O–H groups in total. The SMILES string of the molecule is CCOC(=O)c1cc(-c2ccc(C(=O)NC3CCOC3)cc2)c(C)[nH]1. The van der Waals surface area contributed by atoms with Gasteiger partial charge in [-0.3, -0.25) is 4.79 Å². The number of esters is 1. The molecule has 1 amide bonds. The molecule has 0 aliphatic carbocycles. The monoisotopic (exact) mass is 342 g/mol. The van der Waals surface area contributed by atoms with E-state index in [1.807, 2.05) is 19.1 Å². The predicted molar refractivity (Wildman–Crippen MR) is 93.6 cm³/mol. The second-order valence-electron chi connectivity index (χ2n) is 6.05. The first kappa shape index (κ1) is 17.2. The lowest BCUT2D eigenvalue weighted by atomic mass is 10.0. The summed E-state index contributed by atoms with van der Waals surface area (Å²) in [4.78, 5) is 27.1. The summed E-state index contributed by atoms with van der Waals surface area (Å²) in [6.45, 7) is 5.28. The largest absolute Gasteiger partial charge is 0.461 e. The molecule has 1 atom stereocenters. The van der Waals surface area contributed by atoms with E-state index in [1.54, 1.807) is 25.1 Å². The van der Waals surface area contributed by atoms with Gasteiger partial charge in [-0.15, -0.1) is 0 Å². The minimum absolute atomic E-state index is 0.0891. The number of carbonyl (C=O) groups is 2. The lowest BCUT2D eigenvalue weighted by molar-refractivity contribution is 0.0520. The molecule has 1 aromatic heterocycles. The van der Waals surface area contributed by atoms with E-state index >= 15 is 0 Å². The summed E-state index contributed by atoms with van der Waals surface area (Å²) in [5.41, 5.74) is 3.76. The summed E-state index contributed by atoms with van der Waals surface area (Å²) in [7, 11) is 0. The quantitative estimate of drug-likeness (QED) is 0.819. The van der Waals surface area contributed by atoms with Crippen molar-refractivity contribution in [2.45, 2.75) is 26.3 Å². The standard InChI is InChI=1S/C19H22N2O4/c1-3-25-19(23)17-10-16(12(2)20-17)13-4-6-14(7-5-13)18(22)21-15-8-9-24-11-15/h4-7,10,15,20H,3,8-9,11H2,1-2H3,(H,21,22). The molecular formula is C19H22N2O4. The van der Waals surface area contributed by atoms with Gasteiger partial charge in [0.1, 0.15) is 5.69 Å². The van der Waals surface area contributed by atoms with Gasteiger partial charge in [-0.2, -0.15) is 0 Å². The van der Waals surface area contributed by atoms with Crippen molar-refractivity contribution >= 4 is 11.9 Å². The Bertz CT molecular complexity index is 758. The molecule has 2 heterocycles. The number of amides is 1. The van der Waals surface area contributed by atoms with E-state index in [4.69, 9.17) is 9.47 Å². The number of nitrogens with one attached hydrogen (secondary N) is 2. The van der Waals surface area contributed by atoms with Gasteiger partial charge in [0.2, 0.25) is 0 Å². The molecule has 1 aromatic carbocycles. The van der Waals surface area contributed by atoms with E-state index in [1.165, 1.54) is 0 Å². The fraction of sp³-hybridized carbons (Fsp3) is 0.368. The highest BCUT2D eigenvalue weighted by Gasteiger charge is 2.19. The van der Waals surface area contributed by atoms with Crippen LogP contribution in [0, 0.1) is 6.92 Å². The third-order valence-corrected chi connectivity index (χ3v) is 4.23. The molecule has 25 heavy (non-hydrogen) atoms. The van der Waals surface area contributed by atoms with E-state index in [2.05, 4.69) is 10.3 Å². The number of carbonyl (C=O) groups excluding carboxylic acids is 2. The second-order valence-corrected chi connectivity index (χ2v) is 6.05. The average molecular weight is 342 g/mol. The van der Waals surface area contributed by atoms with Crippen LogP contribution in [0.3, 0.4) is 0 Å². The number of H-pyrrole nitrogens is 1. The fourth-order valence-corrected chi connectivity index (χ4v) is 2.89. The van der Waals surface area contributed by atoms with Crippen LogP contribution in [0.5, 0.6) is 0 Å². The van der Waals surface area contributed by atoms with Gasteiger partial charge >= 0.3 is 5.97 Å². The minimum Gasteiger partial charge on any atom is -0.461 e. The van der Waals surface area contributed by atoms with Gasteiger partial charge in [0.15, 0.2) is 0 Å². The number of aromatic nitrogens is 1. The van der Waals surface area contributed by atoms with Crippen molar-refractivity contribution in [3.8, 4) is 11.1 Å². The third-order valence-electron chi connectivity index (χ3n) is 4.23. The van der Waals surface area contributed by atoms with Crippen LogP contribution in [0.1, 0.15) is 39.9 Å². The molecular weight excluding hydrogens is 320 g/mol. The molecule has 0 radical (unpaired) electrons. The van der Waals surface area contributed by atoms with Crippen molar-refractivity contribution in [3.05, 3.63) is 47.3 Å². The number of hydrogen-bond donors (Lipinski definition) is 2. The van der Waals surface area contributed by atoms with E-state index in [0.29, 0.717) is 31.1 Å². The molecule has 3 rings (SSSR count). The van der Waals surface area contributed by atoms with Gasteiger partial charge in [0.25, 0.3) is 5.91 Å². The van der Waals surface area contributed by atoms with Crippen LogP contribution in [0.2, 0.25) is 0 Å². The highest BCUT2D eigenvalue weighted by Crippen LogP contribution is 2.25. The molecule has 0 saturated carbocycles. The smallest absolute Gasteiger partial charge is 0.354 e. The molecule has 6 nitrogen and oxygen atoms in total. The zero-order chi connectivity index (χ0) is 17.8. The molecule has 1 fully saturated rings. The Labute approximate surface area is 146 Å². The van der Waals surface area contributed by atoms with Crippen LogP contribution < -0.4 is 5.32 Å². The maximum atomic E-state index is 12.2. The molecule has 132 valence electrons. The van der Waals surface area contributed by atoms with E-state index < -0.39 is 0 Å². The van der Waals surface area contributed by atoms with E-state index in [-0.39, 0.29) is 17.9 Å². The zero-order valence-electron chi connectivity index (χ0n) is 14.4. The lowest BCUT2D eigenvalue weighted by Gasteiger charge is -2.11. The molecule has 1 aliphatic rings. The van der Waals surface area contributed by atoms with Gasteiger partial charge < -0.3 is 19.8 Å². The maximum Gasteiger partial charge on any atom is 0.354 e. The summed E-state index contributed by atoms with van der Waals surface area (Å²) in [6, 6.07) is 9.20. The minimum atomic E-state index is -0.369. The molecule has 0 spiro atoms. The van der Waals surface area contributed by atoms with Crippen LogP contribution in [0.15, 0.2) is 30.3 Å². The molecule has 6 heteroatoms. The van der Waals surface area contributed by atoms with Gasteiger partial charge in [-0.1, -0.05) is 12.1 Å². The average Bonchev–Trinajstić information content (AvgIpc) is 3.25. The summed E-state index contributed by atoms with van der Waals surface area (Å²) in [5.74, 6) is -0.466. The number of aromatic amines is 1. The summed E-state index contributed by atoms with van der Waals surface area (Å²) in [6.07, 6.45) is 0.850.